The van der Waals surface area contributed by atoms with Gasteiger partial charge in [-0.15, -0.1) is 10.2 Å². The monoisotopic (exact) mass is 458 g/mol. The van der Waals surface area contributed by atoms with Gasteiger partial charge in [0.1, 0.15) is 30.1 Å². The van der Waals surface area contributed by atoms with Gasteiger partial charge in [0.15, 0.2) is 0 Å². The van der Waals surface area contributed by atoms with E-state index in [1.807, 2.05) is 18.4 Å². The molecule has 3 heterocycles. The van der Waals surface area contributed by atoms with Crippen LogP contribution in [0.5, 0.6) is 0 Å². The third kappa shape index (κ3) is 4.45. The molecule has 32 heavy (non-hydrogen) atoms. The summed E-state index contributed by atoms with van der Waals surface area (Å²) in [7, 11) is -3.89. The van der Waals surface area contributed by atoms with E-state index in [-0.39, 0.29) is 29.4 Å². The summed E-state index contributed by atoms with van der Waals surface area (Å²) in [5, 5.41) is 16.0. The van der Waals surface area contributed by atoms with Crippen LogP contribution in [0.2, 0.25) is 0 Å². The molecule has 0 amide bonds. The summed E-state index contributed by atoms with van der Waals surface area (Å²) >= 11 is 0. The van der Waals surface area contributed by atoms with Crippen molar-refractivity contribution in [3.63, 3.8) is 0 Å². The summed E-state index contributed by atoms with van der Waals surface area (Å²) < 4.78 is 43.5. The van der Waals surface area contributed by atoms with Crippen molar-refractivity contribution < 1.29 is 12.8 Å². The molecule has 0 spiro atoms. The topological polar surface area (TPSA) is 156 Å². The number of benzene rings is 1. The molecule has 0 aliphatic heterocycles. The molecule has 0 unspecified atom stereocenters. The van der Waals surface area contributed by atoms with Crippen molar-refractivity contribution in [2.45, 2.75) is 18.7 Å². The fourth-order valence-electron chi connectivity index (χ4n) is 2.88. The van der Waals surface area contributed by atoms with Gasteiger partial charge in [0.05, 0.1) is 16.2 Å². The lowest BCUT2D eigenvalue weighted by Gasteiger charge is -2.10. The van der Waals surface area contributed by atoms with Crippen molar-refractivity contribution in [1.82, 2.24) is 44.9 Å². The fraction of sp³-hybridized carbons (Fsp3) is 0.222. The lowest BCUT2D eigenvalue weighted by molar-refractivity contribution is 0.582. The van der Waals surface area contributed by atoms with Crippen molar-refractivity contribution in [3.8, 4) is 17.2 Å². The van der Waals surface area contributed by atoms with Crippen LogP contribution in [-0.4, -0.2) is 61.7 Å². The number of anilines is 1. The Balaban J connectivity index is 1.39. The van der Waals surface area contributed by atoms with E-state index in [0.717, 1.165) is 23.5 Å². The Morgan fingerprint density at radius 1 is 1.12 bits per heavy atom. The molecule has 0 aliphatic carbocycles. The average Bonchev–Trinajstić information content (AvgIpc) is 3.42. The Hall–Kier alpha value is -3.78. The number of aromatic nitrogens is 8. The Bertz CT molecular complexity index is 1340. The minimum absolute atomic E-state index is 0.0379. The van der Waals surface area contributed by atoms with E-state index in [4.69, 9.17) is 0 Å². The number of halogens is 1. The molecule has 1 aromatic carbocycles. The lowest BCUT2D eigenvalue weighted by atomic mass is 10.2. The van der Waals surface area contributed by atoms with Gasteiger partial charge in [-0.05, 0) is 37.3 Å². The van der Waals surface area contributed by atoms with Crippen LogP contribution in [0.1, 0.15) is 11.4 Å². The zero-order valence-electron chi connectivity index (χ0n) is 17.1. The summed E-state index contributed by atoms with van der Waals surface area (Å²) in [5.74, 6) is 0.474. The summed E-state index contributed by atoms with van der Waals surface area (Å²) in [6, 6.07) is 5.10. The van der Waals surface area contributed by atoms with Crippen LogP contribution in [-0.2, 0) is 10.0 Å². The molecule has 0 radical (unpaired) electrons. The number of rotatable bonds is 8. The predicted octanol–water partition coefficient (Wildman–Crippen LogP) is 0.989. The minimum atomic E-state index is -3.89. The molecule has 3 aromatic heterocycles. The lowest BCUT2D eigenvalue weighted by Crippen LogP contribution is -2.29. The summed E-state index contributed by atoms with van der Waals surface area (Å²) in [6.07, 6.45) is 3.09. The van der Waals surface area contributed by atoms with Gasteiger partial charge in [0, 0.05) is 24.8 Å². The molecule has 0 atom stereocenters. The molecular formula is C18H19FN10O2S. The molecule has 0 bridgehead atoms. The Kier molecular flexibility index (Phi) is 5.87. The first-order valence-corrected chi connectivity index (χ1v) is 10.9. The number of aromatic amines is 1. The molecular weight excluding hydrogens is 439 g/mol. The van der Waals surface area contributed by atoms with Crippen molar-refractivity contribution >= 4 is 15.8 Å². The zero-order chi connectivity index (χ0) is 22.7. The maximum absolute atomic E-state index is 14.0. The third-order valence-electron chi connectivity index (χ3n) is 4.71. The van der Waals surface area contributed by atoms with Gasteiger partial charge in [-0.2, -0.15) is 5.21 Å². The van der Waals surface area contributed by atoms with Crippen LogP contribution in [0.25, 0.3) is 17.2 Å². The maximum Gasteiger partial charge on any atom is 0.240 e. The number of tetrazole rings is 1. The van der Waals surface area contributed by atoms with Crippen molar-refractivity contribution in [3.05, 3.63) is 54.1 Å². The quantitative estimate of drug-likeness (QED) is 0.328. The van der Waals surface area contributed by atoms with Gasteiger partial charge in [-0.1, -0.05) is 0 Å². The number of imidazole rings is 1. The van der Waals surface area contributed by atoms with E-state index in [9.17, 15) is 12.8 Å². The highest BCUT2D eigenvalue weighted by atomic mass is 32.2. The van der Waals surface area contributed by atoms with Crippen LogP contribution < -0.4 is 10.0 Å². The maximum atomic E-state index is 14.0. The Morgan fingerprint density at radius 3 is 2.69 bits per heavy atom. The molecule has 14 heteroatoms. The Labute approximate surface area is 182 Å². The molecule has 0 fully saturated rings. The minimum Gasteiger partial charge on any atom is -0.369 e. The van der Waals surface area contributed by atoms with Gasteiger partial charge in [0.25, 0.3) is 0 Å². The average molecular weight is 458 g/mol. The number of nitrogens with one attached hydrogen (secondary N) is 3. The summed E-state index contributed by atoms with van der Waals surface area (Å²) in [4.78, 5) is 12.5. The third-order valence-corrected chi connectivity index (χ3v) is 6.17. The van der Waals surface area contributed by atoms with Crippen LogP contribution >= 0.6 is 0 Å². The normalized spacial score (nSPS) is 11.6. The zero-order valence-corrected chi connectivity index (χ0v) is 17.9. The fourth-order valence-corrected chi connectivity index (χ4v) is 3.94. The SMILES string of the molecule is Cc1ncn(-c2cc(NCCNS(=O)(=O)c3ccc(F)c(-c4nn[nH]n4)c3)ncn2)c1C. The van der Waals surface area contributed by atoms with E-state index in [0.29, 0.717) is 11.6 Å². The highest BCUT2D eigenvalue weighted by Crippen LogP contribution is 2.22. The number of H-pyrrole nitrogens is 1. The number of aryl methyl sites for hydroxylation is 1. The van der Waals surface area contributed by atoms with Crippen LogP contribution in [0.15, 0.2) is 41.8 Å². The predicted molar refractivity (Wildman–Crippen MR) is 112 cm³/mol. The highest BCUT2D eigenvalue weighted by Gasteiger charge is 2.18. The van der Waals surface area contributed by atoms with Crippen LogP contribution in [0, 0.1) is 19.7 Å². The second kappa shape index (κ2) is 8.76. The molecule has 4 rings (SSSR count). The summed E-state index contributed by atoms with van der Waals surface area (Å²) in [6.45, 7) is 4.17. The molecule has 166 valence electrons. The summed E-state index contributed by atoms with van der Waals surface area (Å²) in [5.41, 5.74) is 1.79. The first-order chi connectivity index (χ1) is 15.3. The van der Waals surface area contributed by atoms with Crippen LogP contribution in [0.4, 0.5) is 10.2 Å². The van der Waals surface area contributed by atoms with E-state index < -0.39 is 15.8 Å². The molecule has 3 N–H and O–H groups in total. The second-order valence-electron chi connectivity index (χ2n) is 6.75. The van der Waals surface area contributed by atoms with Crippen molar-refractivity contribution in [2.75, 3.05) is 18.4 Å². The van der Waals surface area contributed by atoms with Gasteiger partial charge in [-0.25, -0.2) is 32.5 Å². The van der Waals surface area contributed by atoms with E-state index in [2.05, 4.69) is 45.6 Å². The molecule has 0 aliphatic rings. The number of hydrogen-bond donors (Lipinski definition) is 3. The first kappa shape index (κ1) is 21.5. The molecule has 0 saturated carbocycles. The molecule has 0 saturated heterocycles. The number of hydrogen-bond acceptors (Lipinski definition) is 9. The van der Waals surface area contributed by atoms with Gasteiger partial charge >= 0.3 is 0 Å². The van der Waals surface area contributed by atoms with E-state index in [1.54, 1.807) is 12.4 Å². The first-order valence-electron chi connectivity index (χ1n) is 9.45. The molecule has 4 aromatic rings. The number of nitrogens with zero attached hydrogens (tertiary/aromatic N) is 7. The largest absolute Gasteiger partial charge is 0.369 e. The van der Waals surface area contributed by atoms with Gasteiger partial charge in [0.2, 0.25) is 15.8 Å². The van der Waals surface area contributed by atoms with E-state index >= 15 is 0 Å². The van der Waals surface area contributed by atoms with Crippen molar-refractivity contribution in [1.29, 1.82) is 0 Å². The standard InChI is InChI=1S/C18H19FN10O2S/c1-11-12(2)29(10-23-11)17-8-16(21-9-22-17)20-5-6-24-32(30,31)13-3-4-15(19)14(7-13)18-25-27-28-26-18/h3-4,7-10,24H,5-6H2,1-2H3,(H,20,21,22)(H,25,26,27,28). The Morgan fingerprint density at radius 2 is 1.97 bits per heavy atom. The molecule has 12 nitrogen and oxygen atoms in total. The van der Waals surface area contributed by atoms with Gasteiger partial charge < -0.3 is 5.32 Å². The van der Waals surface area contributed by atoms with E-state index in [1.165, 1.54) is 12.4 Å². The highest BCUT2D eigenvalue weighted by molar-refractivity contribution is 7.89. The van der Waals surface area contributed by atoms with Crippen LogP contribution in [0.3, 0.4) is 0 Å². The van der Waals surface area contributed by atoms with Gasteiger partial charge in [-0.3, -0.25) is 4.57 Å². The number of sulfonamides is 1. The second-order valence-corrected chi connectivity index (χ2v) is 8.52. The van der Waals surface area contributed by atoms with Crippen molar-refractivity contribution in [2.24, 2.45) is 0 Å². The smallest absolute Gasteiger partial charge is 0.240 e.